The lowest BCUT2D eigenvalue weighted by Gasteiger charge is -2.19. The highest BCUT2D eigenvalue weighted by atomic mass is 35.5. The van der Waals surface area contributed by atoms with Crippen molar-refractivity contribution in [2.45, 2.75) is 18.2 Å². The molecule has 4 heteroatoms. The summed E-state index contributed by atoms with van der Waals surface area (Å²) in [7, 11) is 0. The van der Waals surface area contributed by atoms with Gasteiger partial charge in [0.15, 0.2) is 0 Å². The van der Waals surface area contributed by atoms with Gasteiger partial charge in [0.1, 0.15) is 5.82 Å². The van der Waals surface area contributed by atoms with Crippen molar-refractivity contribution in [1.82, 2.24) is 0 Å². The van der Waals surface area contributed by atoms with Gasteiger partial charge in [0.25, 0.3) is 0 Å². The van der Waals surface area contributed by atoms with Crippen molar-refractivity contribution in [3.8, 4) is 0 Å². The first-order chi connectivity index (χ1) is 9.63. The molecule has 0 fully saturated rings. The topological polar surface area (TPSA) is 29.1 Å². The predicted molar refractivity (Wildman–Crippen MR) is 77.5 cm³/mol. The standard InChI is InChI=1S/C16H13ClFNO/c17-16(10-1-5-13(18)6-2-10)12-3-7-14-11(9-12)4-8-15(20)19-14/h1-3,5-7,9,16H,4,8H2,(H,19,20). The van der Waals surface area contributed by atoms with Crippen molar-refractivity contribution in [3.63, 3.8) is 0 Å². The maximum Gasteiger partial charge on any atom is 0.224 e. The molecule has 1 atom stereocenters. The summed E-state index contributed by atoms with van der Waals surface area (Å²) < 4.78 is 12.9. The van der Waals surface area contributed by atoms with E-state index in [1.165, 1.54) is 12.1 Å². The van der Waals surface area contributed by atoms with Crippen LogP contribution >= 0.6 is 11.6 Å². The molecule has 1 aliphatic rings. The quantitative estimate of drug-likeness (QED) is 0.831. The lowest BCUT2D eigenvalue weighted by molar-refractivity contribution is -0.116. The Balaban J connectivity index is 1.90. The van der Waals surface area contributed by atoms with Gasteiger partial charge in [-0.05, 0) is 41.3 Å². The Bertz CT molecular complexity index is 654. The summed E-state index contributed by atoms with van der Waals surface area (Å²) in [6.07, 6.45) is 1.22. The van der Waals surface area contributed by atoms with Crippen LogP contribution in [0.25, 0.3) is 0 Å². The van der Waals surface area contributed by atoms with Gasteiger partial charge in [-0.3, -0.25) is 4.79 Å². The number of nitrogens with one attached hydrogen (secondary N) is 1. The van der Waals surface area contributed by atoms with Crippen LogP contribution in [-0.2, 0) is 11.2 Å². The molecular weight excluding hydrogens is 277 g/mol. The second-order valence-corrected chi connectivity index (χ2v) is 5.32. The molecule has 20 heavy (non-hydrogen) atoms. The first-order valence-corrected chi connectivity index (χ1v) is 6.89. The smallest absolute Gasteiger partial charge is 0.224 e. The number of benzene rings is 2. The van der Waals surface area contributed by atoms with E-state index in [1.54, 1.807) is 12.1 Å². The van der Waals surface area contributed by atoms with E-state index in [4.69, 9.17) is 11.6 Å². The number of aryl methyl sites for hydroxylation is 1. The van der Waals surface area contributed by atoms with Crippen molar-refractivity contribution < 1.29 is 9.18 Å². The number of rotatable bonds is 2. The molecule has 1 aliphatic heterocycles. The monoisotopic (exact) mass is 289 g/mol. The minimum Gasteiger partial charge on any atom is -0.326 e. The molecule has 3 rings (SSSR count). The number of hydrogen-bond acceptors (Lipinski definition) is 1. The van der Waals surface area contributed by atoms with Gasteiger partial charge in [0, 0.05) is 12.1 Å². The molecule has 0 aliphatic carbocycles. The average Bonchev–Trinajstić information content (AvgIpc) is 2.47. The van der Waals surface area contributed by atoms with Crippen molar-refractivity contribution in [2.24, 2.45) is 0 Å². The van der Waals surface area contributed by atoms with Crippen LogP contribution in [-0.4, -0.2) is 5.91 Å². The molecule has 0 saturated heterocycles. The van der Waals surface area contributed by atoms with Gasteiger partial charge in [-0.25, -0.2) is 4.39 Å². The summed E-state index contributed by atoms with van der Waals surface area (Å²) in [6, 6.07) is 12.0. The number of carbonyl (C=O) groups excluding carboxylic acids is 1. The number of alkyl halides is 1. The van der Waals surface area contributed by atoms with Crippen molar-refractivity contribution in [3.05, 3.63) is 65.0 Å². The lowest BCUT2D eigenvalue weighted by atomic mass is 9.97. The van der Waals surface area contributed by atoms with Crippen LogP contribution < -0.4 is 5.32 Å². The van der Waals surface area contributed by atoms with Crippen LogP contribution in [0.2, 0.25) is 0 Å². The minimum atomic E-state index is -0.321. The summed E-state index contributed by atoms with van der Waals surface area (Å²) in [4.78, 5) is 11.3. The Morgan fingerprint density at radius 2 is 1.75 bits per heavy atom. The van der Waals surface area contributed by atoms with Crippen LogP contribution in [0, 0.1) is 5.82 Å². The Hall–Kier alpha value is -1.87. The van der Waals surface area contributed by atoms with Crippen molar-refractivity contribution >= 4 is 23.2 Å². The molecule has 102 valence electrons. The maximum absolute atomic E-state index is 12.9. The zero-order valence-electron chi connectivity index (χ0n) is 10.7. The number of amides is 1. The van der Waals surface area contributed by atoms with Gasteiger partial charge < -0.3 is 5.32 Å². The van der Waals surface area contributed by atoms with Gasteiger partial charge in [0.05, 0.1) is 5.38 Å². The van der Waals surface area contributed by atoms with Crippen LogP contribution in [0.1, 0.15) is 28.5 Å². The molecule has 1 amide bonds. The largest absolute Gasteiger partial charge is 0.326 e. The Morgan fingerprint density at radius 3 is 2.50 bits per heavy atom. The SMILES string of the molecule is O=C1CCc2cc(C(Cl)c3ccc(F)cc3)ccc2N1. The number of anilines is 1. The summed E-state index contributed by atoms with van der Waals surface area (Å²) >= 11 is 6.45. The second kappa shape index (κ2) is 5.25. The van der Waals surface area contributed by atoms with Crippen LogP contribution in [0.15, 0.2) is 42.5 Å². The van der Waals surface area contributed by atoms with E-state index in [1.807, 2.05) is 18.2 Å². The van der Waals surface area contributed by atoms with Crippen molar-refractivity contribution in [1.29, 1.82) is 0 Å². The summed E-state index contributed by atoms with van der Waals surface area (Å²) in [6.45, 7) is 0. The summed E-state index contributed by atoms with van der Waals surface area (Å²) in [5.41, 5.74) is 3.75. The molecule has 2 nitrogen and oxygen atoms in total. The fourth-order valence-corrected chi connectivity index (χ4v) is 2.67. The summed E-state index contributed by atoms with van der Waals surface area (Å²) in [5, 5.41) is 2.52. The van der Waals surface area contributed by atoms with E-state index in [-0.39, 0.29) is 17.1 Å². The zero-order chi connectivity index (χ0) is 14.1. The van der Waals surface area contributed by atoms with E-state index >= 15 is 0 Å². The highest BCUT2D eigenvalue weighted by Crippen LogP contribution is 2.32. The molecule has 0 spiro atoms. The molecule has 0 radical (unpaired) electrons. The normalized spacial score (nSPS) is 15.4. The van der Waals surface area contributed by atoms with Gasteiger partial charge >= 0.3 is 0 Å². The van der Waals surface area contributed by atoms with Gasteiger partial charge in [-0.1, -0.05) is 24.3 Å². The minimum absolute atomic E-state index is 0.0474. The summed E-state index contributed by atoms with van der Waals surface area (Å²) in [5.74, 6) is -0.225. The Kier molecular flexibility index (Phi) is 3.45. The molecule has 1 unspecified atom stereocenters. The molecule has 2 aromatic carbocycles. The molecule has 2 aromatic rings. The molecular formula is C16H13ClFNO. The van der Waals surface area contributed by atoms with Gasteiger partial charge in [0.2, 0.25) is 5.91 Å². The average molecular weight is 290 g/mol. The lowest BCUT2D eigenvalue weighted by Crippen LogP contribution is -2.19. The zero-order valence-corrected chi connectivity index (χ0v) is 11.5. The Labute approximate surface area is 121 Å². The van der Waals surface area contributed by atoms with Crippen LogP contribution in [0.5, 0.6) is 0 Å². The fraction of sp³-hybridized carbons (Fsp3) is 0.188. The third-order valence-electron chi connectivity index (χ3n) is 3.48. The number of halogens is 2. The molecule has 0 aromatic heterocycles. The Morgan fingerprint density at radius 1 is 1.05 bits per heavy atom. The highest BCUT2D eigenvalue weighted by Gasteiger charge is 2.17. The molecule has 1 N–H and O–H groups in total. The highest BCUT2D eigenvalue weighted by molar-refractivity contribution is 6.22. The second-order valence-electron chi connectivity index (χ2n) is 4.88. The number of fused-ring (bicyclic) bond motifs is 1. The van der Waals surface area contributed by atoms with E-state index < -0.39 is 0 Å². The maximum atomic E-state index is 12.9. The molecule has 0 saturated carbocycles. The van der Waals surface area contributed by atoms with Crippen LogP contribution in [0.4, 0.5) is 10.1 Å². The molecule has 0 bridgehead atoms. The van der Waals surface area contributed by atoms with Crippen molar-refractivity contribution in [2.75, 3.05) is 5.32 Å². The third-order valence-corrected chi connectivity index (χ3v) is 3.98. The predicted octanol–water partition coefficient (Wildman–Crippen LogP) is 4.04. The van der Waals surface area contributed by atoms with E-state index in [9.17, 15) is 9.18 Å². The first-order valence-electron chi connectivity index (χ1n) is 6.46. The fourth-order valence-electron chi connectivity index (χ4n) is 2.39. The third kappa shape index (κ3) is 2.54. The van der Waals surface area contributed by atoms with Gasteiger partial charge in [-0.2, -0.15) is 0 Å². The molecule has 1 heterocycles. The van der Waals surface area contributed by atoms with Gasteiger partial charge in [-0.15, -0.1) is 11.6 Å². The number of hydrogen-bond donors (Lipinski definition) is 1. The van der Waals surface area contributed by atoms with E-state index in [0.717, 1.165) is 28.8 Å². The first kappa shape index (κ1) is 13.1. The van der Waals surface area contributed by atoms with E-state index in [2.05, 4.69) is 5.32 Å². The van der Waals surface area contributed by atoms with Crippen LogP contribution in [0.3, 0.4) is 0 Å². The van der Waals surface area contributed by atoms with E-state index in [0.29, 0.717) is 6.42 Å². The number of carbonyl (C=O) groups is 1.